The van der Waals surface area contributed by atoms with Crippen LogP contribution in [0.1, 0.15) is 5.56 Å². The van der Waals surface area contributed by atoms with E-state index < -0.39 is 0 Å². The molecule has 3 nitrogen and oxygen atoms in total. The van der Waals surface area contributed by atoms with Gasteiger partial charge in [0.25, 0.3) is 0 Å². The molecule has 1 rings (SSSR count). The van der Waals surface area contributed by atoms with Crippen molar-refractivity contribution in [3.8, 4) is 12.1 Å². The van der Waals surface area contributed by atoms with Gasteiger partial charge in [0.15, 0.2) is 5.57 Å². The maximum Gasteiger partial charge on any atom is 0.159 e. The predicted octanol–water partition coefficient (Wildman–Crippen LogP) is 2.44. The Hall–Kier alpha value is -1.91. The molecule has 1 aromatic rings. The van der Waals surface area contributed by atoms with Gasteiger partial charge >= 0.3 is 0 Å². The number of nitrogens with one attached hydrogen (secondary N) is 1. The number of hydrogen-bond donors (Lipinski definition) is 1. The van der Waals surface area contributed by atoms with E-state index in [2.05, 4.69) is 17.4 Å². The Balaban J connectivity index is 2.54. The average Bonchev–Trinajstić information content (AvgIpc) is 2.39. The Bertz CT molecular complexity index is 450. The zero-order chi connectivity index (χ0) is 12.5. The first-order valence-electron chi connectivity index (χ1n) is 5.18. The lowest BCUT2D eigenvalue weighted by molar-refractivity contribution is 0.820. The van der Waals surface area contributed by atoms with Crippen LogP contribution in [-0.2, 0) is 6.42 Å². The number of thioether (sulfide) groups is 1. The van der Waals surface area contributed by atoms with Gasteiger partial charge in [0, 0.05) is 6.54 Å². The van der Waals surface area contributed by atoms with E-state index in [1.54, 1.807) is 0 Å². The highest BCUT2D eigenvalue weighted by molar-refractivity contribution is 8.02. The minimum absolute atomic E-state index is 0.144. The normalized spacial score (nSPS) is 8.88. The molecule has 0 fully saturated rings. The van der Waals surface area contributed by atoms with Crippen molar-refractivity contribution in [3.05, 3.63) is 46.5 Å². The van der Waals surface area contributed by atoms with Crippen molar-refractivity contribution < 1.29 is 0 Å². The van der Waals surface area contributed by atoms with Crippen LogP contribution >= 0.6 is 11.8 Å². The molecule has 0 aromatic heterocycles. The summed E-state index contributed by atoms with van der Waals surface area (Å²) in [6.45, 7) is 0.715. The van der Waals surface area contributed by atoms with Crippen LogP contribution < -0.4 is 5.32 Å². The van der Waals surface area contributed by atoms with Crippen molar-refractivity contribution in [3.63, 3.8) is 0 Å². The number of allylic oxidation sites excluding steroid dienone is 1. The van der Waals surface area contributed by atoms with Crippen LogP contribution in [0.15, 0.2) is 40.9 Å². The molecule has 0 atom stereocenters. The van der Waals surface area contributed by atoms with Crippen LogP contribution in [0.25, 0.3) is 0 Å². The third kappa shape index (κ3) is 4.22. The van der Waals surface area contributed by atoms with Gasteiger partial charge in [-0.2, -0.15) is 10.5 Å². The van der Waals surface area contributed by atoms with Gasteiger partial charge in [-0.1, -0.05) is 30.3 Å². The van der Waals surface area contributed by atoms with Gasteiger partial charge in [-0.3, -0.25) is 0 Å². The molecule has 0 aliphatic heterocycles. The molecule has 4 heteroatoms. The lowest BCUT2D eigenvalue weighted by atomic mass is 10.1. The van der Waals surface area contributed by atoms with Gasteiger partial charge in [0.2, 0.25) is 0 Å². The van der Waals surface area contributed by atoms with E-state index in [1.807, 2.05) is 36.6 Å². The van der Waals surface area contributed by atoms with E-state index in [4.69, 9.17) is 10.5 Å². The molecule has 17 heavy (non-hydrogen) atoms. The van der Waals surface area contributed by atoms with Gasteiger partial charge in [-0.05, 0) is 18.2 Å². The highest BCUT2D eigenvalue weighted by Gasteiger charge is 2.03. The largest absolute Gasteiger partial charge is 0.378 e. The van der Waals surface area contributed by atoms with E-state index in [0.717, 1.165) is 6.42 Å². The molecular weight excluding hydrogens is 230 g/mol. The van der Waals surface area contributed by atoms with Crippen LogP contribution in [-0.4, -0.2) is 12.8 Å². The first-order chi connectivity index (χ1) is 8.31. The summed E-state index contributed by atoms with van der Waals surface area (Å²) >= 11 is 1.39. The SMILES string of the molecule is CSC(NCCc1ccccc1)=C(C#N)C#N. The summed E-state index contributed by atoms with van der Waals surface area (Å²) in [5.41, 5.74) is 1.38. The van der Waals surface area contributed by atoms with Crippen LogP contribution in [0, 0.1) is 22.7 Å². The van der Waals surface area contributed by atoms with Crippen molar-refractivity contribution in [2.24, 2.45) is 0 Å². The fraction of sp³-hybridized carbons (Fsp3) is 0.231. The van der Waals surface area contributed by atoms with Crippen LogP contribution in [0.2, 0.25) is 0 Å². The molecule has 0 spiro atoms. The monoisotopic (exact) mass is 243 g/mol. The fourth-order valence-electron chi connectivity index (χ4n) is 1.35. The second-order valence-electron chi connectivity index (χ2n) is 3.29. The smallest absolute Gasteiger partial charge is 0.159 e. The Morgan fingerprint density at radius 1 is 1.24 bits per heavy atom. The molecule has 0 amide bonds. The number of hydrogen-bond acceptors (Lipinski definition) is 4. The van der Waals surface area contributed by atoms with Gasteiger partial charge < -0.3 is 5.32 Å². The molecule has 1 aromatic carbocycles. The summed E-state index contributed by atoms with van der Waals surface area (Å²) in [5, 5.41) is 21.3. The van der Waals surface area contributed by atoms with Crippen molar-refractivity contribution in [1.82, 2.24) is 5.32 Å². The average molecular weight is 243 g/mol. The molecule has 0 unspecified atom stereocenters. The second kappa shape index (κ2) is 7.38. The highest BCUT2D eigenvalue weighted by atomic mass is 32.2. The Morgan fingerprint density at radius 2 is 1.88 bits per heavy atom. The van der Waals surface area contributed by atoms with Gasteiger partial charge in [-0.25, -0.2) is 0 Å². The number of benzene rings is 1. The fourth-order valence-corrected chi connectivity index (χ4v) is 1.90. The molecular formula is C13H13N3S. The predicted molar refractivity (Wildman–Crippen MR) is 69.9 cm³/mol. The highest BCUT2D eigenvalue weighted by Crippen LogP contribution is 2.12. The third-order valence-corrected chi connectivity index (χ3v) is 2.95. The minimum Gasteiger partial charge on any atom is -0.378 e. The quantitative estimate of drug-likeness (QED) is 0.807. The topological polar surface area (TPSA) is 59.6 Å². The zero-order valence-electron chi connectivity index (χ0n) is 9.60. The summed E-state index contributed by atoms with van der Waals surface area (Å²) in [6, 6.07) is 13.9. The number of rotatable bonds is 5. The first kappa shape index (κ1) is 13.2. The molecule has 0 saturated carbocycles. The Morgan fingerprint density at radius 3 is 2.41 bits per heavy atom. The summed E-state index contributed by atoms with van der Waals surface area (Å²) in [5.74, 6) is 0. The zero-order valence-corrected chi connectivity index (χ0v) is 10.4. The maximum absolute atomic E-state index is 8.76. The maximum atomic E-state index is 8.76. The van der Waals surface area contributed by atoms with E-state index in [-0.39, 0.29) is 5.57 Å². The lowest BCUT2D eigenvalue weighted by Gasteiger charge is -2.08. The van der Waals surface area contributed by atoms with Crippen LogP contribution in [0.4, 0.5) is 0 Å². The van der Waals surface area contributed by atoms with Crippen LogP contribution in [0.5, 0.6) is 0 Å². The molecule has 0 aliphatic carbocycles. The molecule has 1 N–H and O–H groups in total. The van der Waals surface area contributed by atoms with Gasteiger partial charge in [-0.15, -0.1) is 11.8 Å². The molecule has 0 radical (unpaired) electrons. The van der Waals surface area contributed by atoms with E-state index in [1.165, 1.54) is 17.3 Å². The van der Waals surface area contributed by atoms with Gasteiger partial charge in [0.1, 0.15) is 12.1 Å². The third-order valence-electron chi connectivity index (χ3n) is 2.20. The molecule has 86 valence electrons. The van der Waals surface area contributed by atoms with E-state index >= 15 is 0 Å². The van der Waals surface area contributed by atoms with E-state index in [9.17, 15) is 0 Å². The van der Waals surface area contributed by atoms with Crippen molar-refractivity contribution in [2.45, 2.75) is 6.42 Å². The standard InChI is InChI=1S/C13H13N3S/c1-17-13(12(9-14)10-15)16-8-7-11-5-3-2-4-6-11/h2-6,16H,7-8H2,1H3. The van der Waals surface area contributed by atoms with Gasteiger partial charge in [0.05, 0.1) is 5.03 Å². The number of nitrogens with zero attached hydrogens (tertiary/aromatic N) is 2. The first-order valence-corrected chi connectivity index (χ1v) is 6.40. The molecule has 0 saturated heterocycles. The summed E-state index contributed by atoms with van der Waals surface area (Å²) in [4.78, 5) is 0. The minimum atomic E-state index is 0.144. The van der Waals surface area contributed by atoms with Crippen molar-refractivity contribution in [1.29, 1.82) is 10.5 Å². The second-order valence-corrected chi connectivity index (χ2v) is 4.11. The van der Waals surface area contributed by atoms with Crippen LogP contribution in [0.3, 0.4) is 0 Å². The Labute approximate surface area is 106 Å². The Kier molecular flexibility index (Phi) is 5.71. The summed E-state index contributed by atoms with van der Waals surface area (Å²) in [7, 11) is 0. The van der Waals surface area contributed by atoms with Crippen molar-refractivity contribution in [2.75, 3.05) is 12.8 Å². The lowest BCUT2D eigenvalue weighted by Crippen LogP contribution is -2.16. The summed E-state index contributed by atoms with van der Waals surface area (Å²) < 4.78 is 0. The molecule has 0 bridgehead atoms. The molecule has 0 aliphatic rings. The number of nitriles is 2. The van der Waals surface area contributed by atoms with Crippen molar-refractivity contribution >= 4 is 11.8 Å². The summed E-state index contributed by atoms with van der Waals surface area (Å²) in [6.07, 6.45) is 2.72. The molecule has 0 heterocycles. The van der Waals surface area contributed by atoms with E-state index in [0.29, 0.717) is 11.6 Å².